The minimum atomic E-state index is -0.957. The number of likely N-dealkylation sites (tertiary alicyclic amines) is 1. The molecule has 0 aromatic heterocycles. The summed E-state index contributed by atoms with van der Waals surface area (Å²) in [4.78, 5) is 14.1. The molecule has 3 aliphatic rings. The molecule has 1 aliphatic heterocycles. The molecule has 1 saturated heterocycles. The number of hydrogen-bond acceptors (Lipinski definition) is 3. The Morgan fingerprint density at radius 1 is 1.14 bits per heavy atom. The summed E-state index contributed by atoms with van der Waals surface area (Å²) in [5, 5.41) is 9.43. The number of nitrogens with two attached hydrogens (primary N) is 1. The van der Waals surface area contributed by atoms with E-state index < -0.39 is 11.5 Å². The van der Waals surface area contributed by atoms with Gasteiger partial charge in [0.15, 0.2) is 0 Å². The van der Waals surface area contributed by atoms with Crippen molar-refractivity contribution in [1.29, 1.82) is 0 Å². The first kappa shape index (κ1) is 15.3. The molecule has 4 atom stereocenters. The van der Waals surface area contributed by atoms with Gasteiger partial charge in [-0.1, -0.05) is 19.3 Å². The van der Waals surface area contributed by atoms with Gasteiger partial charge in [0.2, 0.25) is 0 Å². The molecule has 0 radical (unpaired) electrons. The maximum atomic E-state index is 11.5. The molecule has 0 spiro atoms. The summed E-state index contributed by atoms with van der Waals surface area (Å²) < 4.78 is 0. The third-order valence-electron chi connectivity index (χ3n) is 6.39. The number of hydrogen-bond donors (Lipinski definition) is 2. The van der Waals surface area contributed by atoms with Crippen LogP contribution in [0.1, 0.15) is 64.2 Å². The molecule has 1 heterocycles. The third kappa shape index (κ3) is 2.98. The predicted molar refractivity (Wildman–Crippen MR) is 83.1 cm³/mol. The van der Waals surface area contributed by atoms with E-state index in [4.69, 9.17) is 5.73 Å². The summed E-state index contributed by atoms with van der Waals surface area (Å²) in [5.74, 6) is 0.274. The number of carboxylic acid groups (broad SMARTS) is 1. The van der Waals surface area contributed by atoms with E-state index in [0.717, 1.165) is 37.8 Å². The van der Waals surface area contributed by atoms with E-state index in [1.807, 2.05) is 0 Å². The molecular weight excluding hydrogens is 264 g/mol. The average Bonchev–Trinajstić information content (AvgIpc) is 2.87. The predicted octanol–water partition coefficient (Wildman–Crippen LogP) is 2.61. The van der Waals surface area contributed by atoms with E-state index in [-0.39, 0.29) is 5.92 Å². The summed E-state index contributed by atoms with van der Waals surface area (Å²) in [6, 6.07) is 0.769. The summed E-state index contributed by atoms with van der Waals surface area (Å²) in [6.07, 6.45) is 11.8. The average molecular weight is 294 g/mol. The molecule has 2 saturated carbocycles. The van der Waals surface area contributed by atoms with Crippen molar-refractivity contribution >= 4 is 5.97 Å². The molecule has 4 unspecified atom stereocenters. The van der Waals surface area contributed by atoms with Crippen LogP contribution in [0.4, 0.5) is 0 Å². The molecule has 0 aromatic rings. The van der Waals surface area contributed by atoms with Gasteiger partial charge in [-0.05, 0) is 69.9 Å². The SMILES string of the molecule is NC1(C(=O)O)CCCC1CCN1CCCC2CCCCC21. The van der Waals surface area contributed by atoms with Crippen LogP contribution in [-0.4, -0.2) is 40.6 Å². The maximum Gasteiger partial charge on any atom is 0.323 e. The van der Waals surface area contributed by atoms with Crippen LogP contribution in [-0.2, 0) is 4.79 Å². The number of piperidine rings is 1. The zero-order valence-electron chi connectivity index (χ0n) is 13.1. The highest BCUT2D eigenvalue weighted by Crippen LogP contribution is 2.39. The first-order valence-corrected chi connectivity index (χ1v) is 8.87. The van der Waals surface area contributed by atoms with E-state index in [1.54, 1.807) is 0 Å². The lowest BCUT2D eigenvalue weighted by atomic mass is 9.78. The Balaban J connectivity index is 1.58. The van der Waals surface area contributed by atoms with Gasteiger partial charge in [0.1, 0.15) is 5.54 Å². The molecule has 21 heavy (non-hydrogen) atoms. The van der Waals surface area contributed by atoms with Crippen LogP contribution >= 0.6 is 0 Å². The Morgan fingerprint density at radius 2 is 1.90 bits per heavy atom. The van der Waals surface area contributed by atoms with Crippen LogP contribution < -0.4 is 5.73 Å². The van der Waals surface area contributed by atoms with Gasteiger partial charge >= 0.3 is 5.97 Å². The second kappa shape index (κ2) is 6.25. The Morgan fingerprint density at radius 3 is 2.71 bits per heavy atom. The van der Waals surface area contributed by atoms with Crippen LogP contribution in [0, 0.1) is 11.8 Å². The highest BCUT2D eigenvalue weighted by molar-refractivity contribution is 5.79. The van der Waals surface area contributed by atoms with Crippen molar-refractivity contribution in [2.45, 2.75) is 75.8 Å². The van der Waals surface area contributed by atoms with Gasteiger partial charge in [0.05, 0.1) is 0 Å². The topological polar surface area (TPSA) is 66.6 Å². The summed E-state index contributed by atoms with van der Waals surface area (Å²) >= 11 is 0. The normalized spacial score (nSPS) is 40.9. The maximum absolute atomic E-state index is 11.5. The molecular formula is C17H30N2O2. The largest absolute Gasteiger partial charge is 0.480 e. The second-order valence-corrected chi connectivity index (χ2v) is 7.51. The number of fused-ring (bicyclic) bond motifs is 1. The molecule has 3 rings (SSSR count). The monoisotopic (exact) mass is 294 g/mol. The first-order valence-electron chi connectivity index (χ1n) is 8.87. The molecule has 0 bridgehead atoms. The van der Waals surface area contributed by atoms with E-state index in [0.29, 0.717) is 6.42 Å². The Bertz CT molecular complexity index is 385. The Hall–Kier alpha value is -0.610. The van der Waals surface area contributed by atoms with Crippen LogP contribution in [0.2, 0.25) is 0 Å². The number of aliphatic carboxylic acids is 1. The highest BCUT2D eigenvalue weighted by atomic mass is 16.4. The third-order valence-corrected chi connectivity index (χ3v) is 6.39. The number of rotatable bonds is 4. The van der Waals surface area contributed by atoms with Gasteiger partial charge in [0, 0.05) is 6.04 Å². The zero-order chi connectivity index (χ0) is 14.9. The molecule has 0 amide bonds. The number of carbonyl (C=O) groups is 1. The molecule has 0 aromatic carbocycles. The minimum absolute atomic E-state index is 0.166. The van der Waals surface area contributed by atoms with Gasteiger partial charge in [0.25, 0.3) is 0 Å². The Labute approximate surface area is 128 Å². The fourth-order valence-electron chi connectivity index (χ4n) is 5.11. The van der Waals surface area contributed by atoms with Gasteiger partial charge in [-0.25, -0.2) is 0 Å². The molecule has 3 N–H and O–H groups in total. The number of carboxylic acids is 1. The van der Waals surface area contributed by atoms with Gasteiger partial charge in [-0.15, -0.1) is 0 Å². The van der Waals surface area contributed by atoms with Crippen molar-refractivity contribution in [2.75, 3.05) is 13.1 Å². The van der Waals surface area contributed by atoms with Crippen LogP contribution in [0.15, 0.2) is 0 Å². The summed E-state index contributed by atoms with van der Waals surface area (Å²) in [5.41, 5.74) is 5.22. The van der Waals surface area contributed by atoms with Crippen LogP contribution in [0.25, 0.3) is 0 Å². The van der Waals surface area contributed by atoms with Crippen molar-refractivity contribution in [2.24, 2.45) is 17.6 Å². The van der Waals surface area contributed by atoms with E-state index in [2.05, 4.69) is 4.90 Å². The van der Waals surface area contributed by atoms with Gasteiger partial charge < -0.3 is 15.7 Å². The summed E-state index contributed by atoms with van der Waals surface area (Å²) in [7, 11) is 0. The van der Waals surface area contributed by atoms with Gasteiger partial charge in [-0.2, -0.15) is 0 Å². The lowest BCUT2D eigenvalue weighted by Gasteiger charge is -2.44. The van der Waals surface area contributed by atoms with E-state index >= 15 is 0 Å². The highest BCUT2D eigenvalue weighted by Gasteiger charge is 2.46. The smallest absolute Gasteiger partial charge is 0.323 e. The van der Waals surface area contributed by atoms with Crippen molar-refractivity contribution in [3.63, 3.8) is 0 Å². The summed E-state index contributed by atoms with van der Waals surface area (Å²) in [6.45, 7) is 2.26. The van der Waals surface area contributed by atoms with E-state index in [1.165, 1.54) is 45.1 Å². The molecule has 4 heteroatoms. The quantitative estimate of drug-likeness (QED) is 0.836. The Kier molecular flexibility index (Phi) is 4.55. The number of nitrogens with zero attached hydrogens (tertiary/aromatic N) is 1. The molecule has 2 aliphatic carbocycles. The zero-order valence-corrected chi connectivity index (χ0v) is 13.1. The molecule has 3 fully saturated rings. The van der Waals surface area contributed by atoms with Crippen LogP contribution in [0.5, 0.6) is 0 Å². The first-order chi connectivity index (χ1) is 10.1. The lowest BCUT2D eigenvalue weighted by Crippen LogP contribution is -2.52. The van der Waals surface area contributed by atoms with Crippen molar-refractivity contribution < 1.29 is 9.90 Å². The lowest BCUT2D eigenvalue weighted by molar-refractivity contribution is -0.145. The van der Waals surface area contributed by atoms with Crippen LogP contribution in [0.3, 0.4) is 0 Å². The van der Waals surface area contributed by atoms with Crippen molar-refractivity contribution in [3.8, 4) is 0 Å². The van der Waals surface area contributed by atoms with Crippen molar-refractivity contribution in [1.82, 2.24) is 4.90 Å². The fraction of sp³-hybridized carbons (Fsp3) is 0.941. The molecule has 4 nitrogen and oxygen atoms in total. The van der Waals surface area contributed by atoms with Gasteiger partial charge in [-0.3, -0.25) is 4.79 Å². The second-order valence-electron chi connectivity index (χ2n) is 7.51. The fourth-order valence-corrected chi connectivity index (χ4v) is 5.11. The standard InChI is InChI=1S/C17H30N2O2/c18-17(16(20)21)10-3-7-14(17)9-12-19-11-4-6-13-5-1-2-8-15(13)19/h13-15H,1-12,18H2,(H,20,21). The molecule has 120 valence electrons. The van der Waals surface area contributed by atoms with Crippen molar-refractivity contribution in [3.05, 3.63) is 0 Å². The van der Waals surface area contributed by atoms with E-state index in [9.17, 15) is 9.90 Å². The minimum Gasteiger partial charge on any atom is -0.480 e.